The number of ether oxygens (including phenoxy) is 1. The van der Waals surface area contributed by atoms with Crippen molar-refractivity contribution in [2.24, 2.45) is 0 Å². The van der Waals surface area contributed by atoms with Crippen LogP contribution >= 0.6 is 0 Å². The minimum absolute atomic E-state index is 0.300. The number of fused-ring (bicyclic) bond motifs is 3. The molecule has 0 spiro atoms. The molecule has 1 aromatic carbocycles. The summed E-state index contributed by atoms with van der Waals surface area (Å²) in [4.78, 5) is 0. The Kier molecular flexibility index (Phi) is 2.03. The highest BCUT2D eigenvalue weighted by Crippen LogP contribution is 2.34. The van der Waals surface area contributed by atoms with Gasteiger partial charge in [-0.15, -0.1) is 0 Å². The molecule has 2 nitrogen and oxygen atoms in total. The summed E-state index contributed by atoms with van der Waals surface area (Å²) < 4.78 is 5.89. The van der Waals surface area contributed by atoms with Gasteiger partial charge in [-0.1, -0.05) is 24.3 Å². The van der Waals surface area contributed by atoms with Crippen molar-refractivity contribution in [3.8, 4) is 0 Å². The maximum absolute atomic E-state index is 5.89. The lowest BCUT2D eigenvalue weighted by molar-refractivity contribution is 0.0505. The van der Waals surface area contributed by atoms with Gasteiger partial charge in [0.1, 0.15) is 0 Å². The van der Waals surface area contributed by atoms with E-state index in [0.29, 0.717) is 12.1 Å². The third-order valence-corrected chi connectivity index (χ3v) is 3.19. The van der Waals surface area contributed by atoms with Crippen LogP contribution in [0.3, 0.4) is 0 Å². The van der Waals surface area contributed by atoms with E-state index in [1.807, 2.05) is 0 Å². The number of nitrogens with one attached hydrogen (secondary N) is 1. The summed E-state index contributed by atoms with van der Waals surface area (Å²) in [6.07, 6.45) is 2.56. The predicted molar refractivity (Wildman–Crippen MR) is 55.2 cm³/mol. The van der Waals surface area contributed by atoms with Crippen LogP contribution in [0.2, 0.25) is 0 Å². The molecule has 1 aliphatic heterocycles. The zero-order chi connectivity index (χ0) is 9.38. The van der Waals surface area contributed by atoms with Crippen LogP contribution in [-0.2, 0) is 11.2 Å². The summed E-state index contributed by atoms with van der Waals surface area (Å²) in [5.41, 5.74) is 2.85. The summed E-state index contributed by atoms with van der Waals surface area (Å²) in [7, 11) is 0. The summed E-state index contributed by atoms with van der Waals surface area (Å²) in [5, 5.41) is 3.57. The zero-order valence-electron chi connectivity index (χ0n) is 8.20. The second-order valence-corrected chi connectivity index (χ2v) is 4.11. The topological polar surface area (TPSA) is 21.3 Å². The van der Waals surface area contributed by atoms with Crippen LogP contribution in [0.5, 0.6) is 0 Å². The number of hydrogen-bond acceptors (Lipinski definition) is 2. The molecule has 1 N–H and O–H groups in total. The first-order valence-corrected chi connectivity index (χ1v) is 5.38. The lowest BCUT2D eigenvalue weighted by Gasteiger charge is -2.17. The van der Waals surface area contributed by atoms with E-state index in [9.17, 15) is 0 Å². The van der Waals surface area contributed by atoms with Crippen molar-refractivity contribution >= 4 is 0 Å². The van der Waals surface area contributed by atoms with Crippen LogP contribution < -0.4 is 5.32 Å². The first-order valence-electron chi connectivity index (χ1n) is 5.38. The average molecular weight is 189 g/mol. The van der Waals surface area contributed by atoms with Gasteiger partial charge in [-0.2, -0.15) is 0 Å². The van der Waals surface area contributed by atoms with Gasteiger partial charge in [0.05, 0.1) is 6.10 Å². The molecule has 2 heteroatoms. The number of rotatable bonds is 0. The van der Waals surface area contributed by atoms with E-state index in [1.54, 1.807) is 0 Å². The van der Waals surface area contributed by atoms with Gasteiger partial charge in [0.15, 0.2) is 0 Å². The standard InChI is InChI=1S/C12H15NO/c1-2-5-10-9(4-1)8-11-12(10)14-7-3-6-13-11/h1-2,4-5,11-13H,3,6-8H2. The van der Waals surface area contributed by atoms with Gasteiger partial charge >= 0.3 is 0 Å². The molecule has 2 unspecified atom stereocenters. The summed E-state index contributed by atoms with van der Waals surface area (Å²) in [5.74, 6) is 0. The van der Waals surface area contributed by atoms with Gasteiger partial charge < -0.3 is 10.1 Å². The Morgan fingerprint density at radius 3 is 3.21 bits per heavy atom. The Bertz CT molecular complexity index is 337. The first kappa shape index (κ1) is 8.45. The minimum atomic E-state index is 0.300. The summed E-state index contributed by atoms with van der Waals surface area (Å²) in [6, 6.07) is 9.15. The van der Waals surface area contributed by atoms with E-state index in [1.165, 1.54) is 11.1 Å². The monoisotopic (exact) mass is 189 g/mol. The molecule has 0 bridgehead atoms. The van der Waals surface area contributed by atoms with E-state index >= 15 is 0 Å². The van der Waals surface area contributed by atoms with Crippen molar-refractivity contribution in [2.45, 2.75) is 25.0 Å². The Morgan fingerprint density at radius 2 is 2.21 bits per heavy atom. The van der Waals surface area contributed by atoms with Crippen molar-refractivity contribution in [3.05, 3.63) is 35.4 Å². The van der Waals surface area contributed by atoms with E-state index < -0.39 is 0 Å². The van der Waals surface area contributed by atoms with Crippen molar-refractivity contribution in [2.75, 3.05) is 13.2 Å². The number of benzene rings is 1. The first-order chi connectivity index (χ1) is 6.95. The van der Waals surface area contributed by atoms with E-state index in [4.69, 9.17) is 4.74 Å². The van der Waals surface area contributed by atoms with E-state index in [0.717, 1.165) is 26.0 Å². The van der Waals surface area contributed by atoms with Crippen LogP contribution in [-0.4, -0.2) is 19.2 Å². The van der Waals surface area contributed by atoms with Crippen molar-refractivity contribution in [1.29, 1.82) is 0 Å². The lowest BCUT2D eigenvalue weighted by Crippen LogP contribution is -2.31. The van der Waals surface area contributed by atoms with E-state index in [2.05, 4.69) is 29.6 Å². The van der Waals surface area contributed by atoms with Gasteiger partial charge in [0.2, 0.25) is 0 Å². The second-order valence-electron chi connectivity index (χ2n) is 4.11. The van der Waals surface area contributed by atoms with Gasteiger partial charge in [0.25, 0.3) is 0 Å². The Hall–Kier alpha value is -0.860. The van der Waals surface area contributed by atoms with E-state index in [-0.39, 0.29) is 0 Å². The zero-order valence-corrected chi connectivity index (χ0v) is 8.20. The maximum Gasteiger partial charge on any atom is 0.0983 e. The Balaban J connectivity index is 1.96. The molecule has 74 valence electrons. The van der Waals surface area contributed by atoms with Gasteiger partial charge in [-0.05, 0) is 30.5 Å². The summed E-state index contributed by atoms with van der Waals surface area (Å²) >= 11 is 0. The van der Waals surface area contributed by atoms with Crippen LogP contribution in [0.1, 0.15) is 23.7 Å². The SMILES string of the molecule is c1ccc2c(c1)CC1NCCCOC21. The Labute approximate surface area is 84.3 Å². The molecule has 1 aromatic rings. The lowest BCUT2D eigenvalue weighted by atomic mass is 10.1. The molecule has 0 amide bonds. The molecule has 3 rings (SSSR count). The van der Waals surface area contributed by atoms with Crippen LogP contribution in [0, 0.1) is 0 Å². The normalized spacial score (nSPS) is 30.6. The molecule has 1 aliphatic carbocycles. The van der Waals surface area contributed by atoms with Crippen molar-refractivity contribution in [1.82, 2.24) is 5.32 Å². The van der Waals surface area contributed by atoms with Crippen molar-refractivity contribution < 1.29 is 4.74 Å². The molecular formula is C12H15NO. The fourth-order valence-corrected chi connectivity index (χ4v) is 2.51. The fraction of sp³-hybridized carbons (Fsp3) is 0.500. The average Bonchev–Trinajstić information content (AvgIpc) is 2.42. The molecule has 0 aromatic heterocycles. The second kappa shape index (κ2) is 3.37. The molecule has 14 heavy (non-hydrogen) atoms. The molecule has 0 saturated carbocycles. The highest BCUT2D eigenvalue weighted by molar-refractivity contribution is 5.36. The molecule has 2 aliphatic rings. The predicted octanol–water partition coefficient (Wildman–Crippen LogP) is 1.66. The maximum atomic E-state index is 5.89. The Morgan fingerprint density at radius 1 is 1.29 bits per heavy atom. The quantitative estimate of drug-likeness (QED) is 0.670. The van der Waals surface area contributed by atoms with Gasteiger partial charge in [-0.3, -0.25) is 0 Å². The molecule has 1 heterocycles. The smallest absolute Gasteiger partial charge is 0.0983 e. The highest BCUT2D eigenvalue weighted by atomic mass is 16.5. The van der Waals surface area contributed by atoms with Crippen LogP contribution in [0.4, 0.5) is 0 Å². The van der Waals surface area contributed by atoms with Crippen LogP contribution in [0.15, 0.2) is 24.3 Å². The minimum Gasteiger partial charge on any atom is -0.372 e. The summed E-state index contributed by atoms with van der Waals surface area (Å²) in [6.45, 7) is 1.98. The molecule has 2 atom stereocenters. The van der Waals surface area contributed by atoms with Crippen molar-refractivity contribution in [3.63, 3.8) is 0 Å². The van der Waals surface area contributed by atoms with Gasteiger partial charge in [-0.25, -0.2) is 0 Å². The molecular weight excluding hydrogens is 174 g/mol. The molecule has 0 radical (unpaired) electrons. The third-order valence-electron chi connectivity index (χ3n) is 3.19. The molecule has 1 saturated heterocycles. The van der Waals surface area contributed by atoms with Crippen LogP contribution in [0.25, 0.3) is 0 Å². The molecule has 1 fully saturated rings. The largest absolute Gasteiger partial charge is 0.372 e. The number of hydrogen-bond donors (Lipinski definition) is 1. The third kappa shape index (κ3) is 1.26. The fourth-order valence-electron chi connectivity index (χ4n) is 2.51. The van der Waals surface area contributed by atoms with Gasteiger partial charge in [0, 0.05) is 12.6 Å². The highest BCUT2D eigenvalue weighted by Gasteiger charge is 2.33.